The number of benzene rings is 1. The first kappa shape index (κ1) is 15.9. The molecule has 0 bridgehead atoms. The van der Waals surface area contributed by atoms with Crippen molar-refractivity contribution in [3.63, 3.8) is 0 Å². The van der Waals surface area contributed by atoms with Crippen LogP contribution in [0.3, 0.4) is 0 Å². The van der Waals surface area contributed by atoms with Crippen molar-refractivity contribution in [2.24, 2.45) is 5.41 Å². The molecular weight excluding hydrogens is 272 g/mol. The minimum atomic E-state index is -0.658. The highest BCUT2D eigenvalue weighted by atomic mass is 16.6. The van der Waals surface area contributed by atoms with E-state index in [1.807, 2.05) is 0 Å². The molecule has 1 aromatic rings. The van der Waals surface area contributed by atoms with Crippen molar-refractivity contribution in [3.8, 4) is 0 Å². The van der Waals surface area contributed by atoms with E-state index in [-0.39, 0.29) is 11.1 Å². The lowest BCUT2D eigenvalue weighted by molar-refractivity contribution is -0.384. The van der Waals surface area contributed by atoms with Gasteiger partial charge in [-0.2, -0.15) is 0 Å². The zero-order chi connectivity index (χ0) is 15.3. The van der Waals surface area contributed by atoms with E-state index in [2.05, 4.69) is 12.2 Å². The smallest absolute Gasteiger partial charge is 0.269 e. The van der Waals surface area contributed by atoms with Gasteiger partial charge in [0.05, 0.1) is 11.0 Å². The predicted octanol–water partition coefficient (Wildman–Crippen LogP) is 2.03. The highest BCUT2D eigenvalue weighted by molar-refractivity contribution is 5.33. The van der Waals surface area contributed by atoms with Crippen LogP contribution in [-0.2, 0) is 4.74 Å². The number of hydrogen-bond donors (Lipinski definition) is 2. The van der Waals surface area contributed by atoms with Gasteiger partial charge in [0.15, 0.2) is 0 Å². The van der Waals surface area contributed by atoms with E-state index in [9.17, 15) is 15.2 Å². The third-order valence-electron chi connectivity index (χ3n) is 4.08. The van der Waals surface area contributed by atoms with Crippen LogP contribution in [0.25, 0.3) is 0 Å². The Labute approximate surface area is 124 Å². The lowest BCUT2D eigenvalue weighted by Gasteiger charge is -2.34. The maximum absolute atomic E-state index is 10.6. The van der Waals surface area contributed by atoms with Crippen LogP contribution in [0.1, 0.15) is 31.4 Å². The van der Waals surface area contributed by atoms with Crippen LogP contribution in [0.4, 0.5) is 5.69 Å². The van der Waals surface area contributed by atoms with Crippen LogP contribution in [0.5, 0.6) is 0 Å². The van der Waals surface area contributed by atoms with E-state index in [0.29, 0.717) is 12.1 Å². The third-order valence-corrected chi connectivity index (χ3v) is 4.08. The number of nitrogens with zero attached hydrogens (tertiary/aromatic N) is 1. The highest BCUT2D eigenvalue weighted by Crippen LogP contribution is 2.28. The van der Waals surface area contributed by atoms with E-state index in [1.165, 1.54) is 12.1 Å². The molecule has 1 atom stereocenters. The first-order valence-electron chi connectivity index (χ1n) is 7.21. The molecule has 2 N–H and O–H groups in total. The van der Waals surface area contributed by atoms with Gasteiger partial charge in [0.1, 0.15) is 0 Å². The standard InChI is InChI=1S/C15H22N2O4/c1-15(6-8-21-9-7-15)11-16-10-14(18)12-2-4-13(5-3-12)17(19)20/h2-5,14,16,18H,6-11H2,1H3. The fourth-order valence-electron chi connectivity index (χ4n) is 2.49. The fraction of sp³-hybridized carbons (Fsp3) is 0.600. The number of hydrogen-bond acceptors (Lipinski definition) is 5. The number of rotatable bonds is 6. The number of non-ortho nitro benzene ring substituents is 1. The second kappa shape index (κ2) is 6.98. The molecule has 1 fully saturated rings. The Hall–Kier alpha value is -1.50. The van der Waals surface area contributed by atoms with Gasteiger partial charge in [-0.3, -0.25) is 10.1 Å². The summed E-state index contributed by atoms with van der Waals surface area (Å²) in [6.07, 6.45) is 1.38. The zero-order valence-electron chi connectivity index (χ0n) is 12.2. The van der Waals surface area contributed by atoms with Crippen molar-refractivity contribution in [2.45, 2.75) is 25.9 Å². The number of aliphatic hydroxyl groups excluding tert-OH is 1. The zero-order valence-corrected chi connectivity index (χ0v) is 12.2. The van der Waals surface area contributed by atoms with E-state index in [4.69, 9.17) is 4.74 Å². The quantitative estimate of drug-likeness (QED) is 0.619. The van der Waals surface area contributed by atoms with Crippen molar-refractivity contribution in [1.29, 1.82) is 0 Å². The van der Waals surface area contributed by atoms with Crippen molar-refractivity contribution >= 4 is 5.69 Å². The average molecular weight is 294 g/mol. The van der Waals surface area contributed by atoms with Gasteiger partial charge < -0.3 is 15.2 Å². The molecule has 2 rings (SSSR count). The first-order chi connectivity index (χ1) is 10.0. The molecule has 6 heteroatoms. The molecule has 0 spiro atoms. The number of nitrogens with one attached hydrogen (secondary N) is 1. The summed E-state index contributed by atoms with van der Waals surface area (Å²) in [6.45, 7) is 5.08. The summed E-state index contributed by atoms with van der Waals surface area (Å²) in [4.78, 5) is 10.1. The molecule has 1 unspecified atom stereocenters. The monoisotopic (exact) mass is 294 g/mol. The van der Waals surface area contributed by atoms with Gasteiger partial charge >= 0.3 is 0 Å². The molecule has 116 valence electrons. The topological polar surface area (TPSA) is 84.6 Å². The summed E-state index contributed by atoms with van der Waals surface area (Å²) in [6, 6.07) is 6.03. The summed E-state index contributed by atoms with van der Waals surface area (Å²) in [7, 11) is 0. The molecule has 1 aliphatic rings. The van der Waals surface area contributed by atoms with Crippen LogP contribution in [0.2, 0.25) is 0 Å². The van der Waals surface area contributed by atoms with Gasteiger partial charge in [0, 0.05) is 38.4 Å². The molecule has 6 nitrogen and oxygen atoms in total. The van der Waals surface area contributed by atoms with Gasteiger partial charge in [-0.05, 0) is 36.0 Å². The lowest BCUT2D eigenvalue weighted by Crippen LogP contribution is -2.38. The van der Waals surface area contributed by atoms with E-state index in [1.54, 1.807) is 12.1 Å². The van der Waals surface area contributed by atoms with E-state index in [0.717, 1.165) is 32.6 Å². The van der Waals surface area contributed by atoms with Gasteiger partial charge in [-0.25, -0.2) is 0 Å². The van der Waals surface area contributed by atoms with Crippen molar-refractivity contribution in [2.75, 3.05) is 26.3 Å². The van der Waals surface area contributed by atoms with Crippen molar-refractivity contribution in [3.05, 3.63) is 39.9 Å². The maximum atomic E-state index is 10.6. The molecule has 0 aliphatic carbocycles. The van der Waals surface area contributed by atoms with E-state index < -0.39 is 11.0 Å². The van der Waals surface area contributed by atoms with Gasteiger partial charge in [-0.1, -0.05) is 6.92 Å². The van der Waals surface area contributed by atoms with Crippen LogP contribution in [0, 0.1) is 15.5 Å². The SMILES string of the molecule is CC1(CNCC(O)c2ccc([N+](=O)[O-])cc2)CCOCC1. The summed E-state index contributed by atoms with van der Waals surface area (Å²) >= 11 is 0. The summed E-state index contributed by atoms with van der Waals surface area (Å²) in [5.74, 6) is 0. The molecule has 0 saturated carbocycles. The minimum absolute atomic E-state index is 0.0358. The molecule has 1 aromatic carbocycles. The molecule has 1 saturated heterocycles. The molecule has 1 heterocycles. The number of aliphatic hydroxyl groups is 1. The Bertz CT molecular complexity index is 469. The number of nitro groups is 1. The van der Waals surface area contributed by atoms with Gasteiger partial charge in [0.25, 0.3) is 5.69 Å². The maximum Gasteiger partial charge on any atom is 0.269 e. The van der Waals surface area contributed by atoms with Crippen LogP contribution < -0.4 is 5.32 Å². The van der Waals surface area contributed by atoms with Crippen LogP contribution in [0.15, 0.2) is 24.3 Å². The predicted molar refractivity (Wildman–Crippen MR) is 79.1 cm³/mol. The fourth-order valence-corrected chi connectivity index (χ4v) is 2.49. The van der Waals surface area contributed by atoms with Crippen molar-refractivity contribution in [1.82, 2.24) is 5.32 Å². The second-order valence-corrected chi connectivity index (χ2v) is 5.92. The Kier molecular flexibility index (Phi) is 5.27. The second-order valence-electron chi connectivity index (χ2n) is 5.92. The van der Waals surface area contributed by atoms with Crippen LogP contribution in [-0.4, -0.2) is 36.3 Å². The molecule has 1 aliphatic heterocycles. The molecule has 0 amide bonds. The highest BCUT2D eigenvalue weighted by Gasteiger charge is 2.27. The normalized spacial score (nSPS) is 19.1. The largest absolute Gasteiger partial charge is 0.387 e. The Morgan fingerprint density at radius 2 is 2.00 bits per heavy atom. The molecule has 21 heavy (non-hydrogen) atoms. The summed E-state index contributed by atoms with van der Waals surface area (Å²) < 4.78 is 5.36. The first-order valence-corrected chi connectivity index (χ1v) is 7.21. The molecular formula is C15H22N2O4. The molecule has 0 aromatic heterocycles. The summed E-state index contributed by atoms with van der Waals surface area (Å²) in [5.41, 5.74) is 0.937. The summed E-state index contributed by atoms with van der Waals surface area (Å²) in [5, 5.41) is 24.0. The van der Waals surface area contributed by atoms with Gasteiger partial charge in [0.2, 0.25) is 0 Å². The third kappa shape index (κ3) is 4.49. The Morgan fingerprint density at radius 1 is 1.38 bits per heavy atom. The van der Waals surface area contributed by atoms with E-state index >= 15 is 0 Å². The van der Waals surface area contributed by atoms with Crippen molar-refractivity contribution < 1.29 is 14.8 Å². The lowest BCUT2D eigenvalue weighted by atomic mass is 9.82. The number of ether oxygens (including phenoxy) is 1. The Morgan fingerprint density at radius 3 is 2.57 bits per heavy atom. The minimum Gasteiger partial charge on any atom is -0.387 e. The Balaban J connectivity index is 1.81. The molecule has 0 radical (unpaired) electrons. The van der Waals surface area contributed by atoms with Crippen LogP contribution >= 0.6 is 0 Å². The average Bonchev–Trinajstić information content (AvgIpc) is 2.48. The van der Waals surface area contributed by atoms with Gasteiger partial charge in [-0.15, -0.1) is 0 Å². The number of nitro benzene ring substituents is 1.